The largest absolute Gasteiger partial charge is 0.497 e. The summed E-state index contributed by atoms with van der Waals surface area (Å²) in [5.41, 5.74) is 3.75. The summed E-state index contributed by atoms with van der Waals surface area (Å²) in [6.45, 7) is 3.76. The number of methoxy groups -OCH3 is 1. The van der Waals surface area contributed by atoms with E-state index in [1.165, 1.54) is 0 Å². The highest BCUT2D eigenvalue weighted by Crippen LogP contribution is 2.28. The predicted molar refractivity (Wildman–Crippen MR) is 105 cm³/mol. The van der Waals surface area contributed by atoms with Crippen LogP contribution in [-0.2, 0) is 0 Å². The Morgan fingerprint density at radius 3 is 2.08 bits per heavy atom. The summed E-state index contributed by atoms with van der Waals surface area (Å²) in [4.78, 5) is 9.34. The topological polar surface area (TPSA) is 35.0 Å². The van der Waals surface area contributed by atoms with Gasteiger partial charge in [0.25, 0.3) is 0 Å². The third-order valence-electron chi connectivity index (χ3n) is 3.56. The first-order chi connectivity index (χ1) is 12.2. The highest BCUT2D eigenvalue weighted by molar-refractivity contribution is 7.99. The first-order valence-corrected chi connectivity index (χ1v) is 9.09. The van der Waals surface area contributed by atoms with Crippen LogP contribution in [0.2, 0.25) is 5.02 Å². The lowest BCUT2D eigenvalue weighted by Crippen LogP contribution is -1.95. The molecule has 0 spiro atoms. The van der Waals surface area contributed by atoms with Gasteiger partial charge in [0.1, 0.15) is 5.75 Å². The zero-order chi connectivity index (χ0) is 17.6. The van der Waals surface area contributed by atoms with Crippen molar-refractivity contribution in [3.63, 3.8) is 0 Å². The van der Waals surface area contributed by atoms with Crippen LogP contribution >= 0.6 is 23.4 Å². The minimum absolute atomic E-state index is 0.703. The van der Waals surface area contributed by atoms with Gasteiger partial charge in [-0.2, -0.15) is 0 Å². The van der Waals surface area contributed by atoms with Crippen LogP contribution in [0.3, 0.4) is 0 Å². The van der Waals surface area contributed by atoms with Crippen LogP contribution in [0.5, 0.6) is 5.75 Å². The molecular weight excluding hydrogens is 352 g/mol. The Morgan fingerprint density at radius 2 is 1.56 bits per heavy atom. The molecule has 0 amide bonds. The average Bonchev–Trinajstić information content (AvgIpc) is 2.67. The number of nitrogens with zero attached hydrogens (tertiary/aromatic N) is 2. The van der Waals surface area contributed by atoms with E-state index in [4.69, 9.17) is 16.3 Å². The highest BCUT2D eigenvalue weighted by atomic mass is 35.5. The van der Waals surface area contributed by atoms with Crippen LogP contribution in [0, 0.1) is 0 Å². The van der Waals surface area contributed by atoms with E-state index in [0.29, 0.717) is 5.02 Å². The lowest BCUT2D eigenvalue weighted by Gasteiger charge is -2.09. The summed E-state index contributed by atoms with van der Waals surface area (Å²) in [6, 6.07) is 17.5. The molecule has 126 valence electrons. The van der Waals surface area contributed by atoms with E-state index in [-0.39, 0.29) is 0 Å². The van der Waals surface area contributed by atoms with Gasteiger partial charge in [0.15, 0.2) is 5.16 Å². The van der Waals surface area contributed by atoms with E-state index < -0.39 is 0 Å². The molecule has 0 fully saturated rings. The monoisotopic (exact) mass is 368 g/mol. The standard InChI is InChI=1S/C20H17ClN2OS/c1-3-12-25-20-22-18(14-4-8-16(21)9-5-14)13-19(23-20)15-6-10-17(24-2)11-7-15/h3-11,13H,1,12H2,2H3. The Morgan fingerprint density at radius 1 is 1.00 bits per heavy atom. The van der Waals surface area contributed by atoms with Crippen LogP contribution in [0.25, 0.3) is 22.5 Å². The van der Waals surface area contributed by atoms with Gasteiger partial charge >= 0.3 is 0 Å². The summed E-state index contributed by atoms with van der Waals surface area (Å²) >= 11 is 7.55. The van der Waals surface area contributed by atoms with Crippen molar-refractivity contribution in [1.29, 1.82) is 0 Å². The first kappa shape index (κ1) is 17.5. The summed E-state index contributed by atoms with van der Waals surface area (Å²) in [6.07, 6.45) is 1.84. The number of aromatic nitrogens is 2. The van der Waals surface area contributed by atoms with Crippen molar-refractivity contribution in [2.45, 2.75) is 5.16 Å². The van der Waals surface area contributed by atoms with E-state index in [1.807, 2.05) is 60.7 Å². The van der Waals surface area contributed by atoms with Crippen LogP contribution in [-0.4, -0.2) is 22.8 Å². The summed E-state index contributed by atoms with van der Waals surface area (Å²) in [5.74, 6) is 1.57. The minimum Gasteiger partial charge on any atom is -0.497 e. The van der Waals surface area contributed by atoms with Crippen molar-refractivity contribution >= 4 is 23.4 Å². The van der Waals surface area contributed by atoms with E-state index in [1.54, 1.807) is 18.9 Å². The Balaban J connectivity index is 2.05. The molecule has 2 aromatic carbocycles. The molecule has 1 heterocycles. The van der Waals surface area contributed by atoms with Crippen molar-refractivity contribution in [3.05, 3.63) is 72.3 Å². The van der Waals surface area contributed by atoms with Gasteiger partial charge in [-0.15, -0.1) is 6.58 Å². The molecule has 3 aromatic rings. The lowest BCUT2D eigenvalue weighted by molar-refractivity contribution is 0.415. The number of halogens is 1. The maximum absolute atomic E-state index is 5.99. The molecule has 0 atom stereocenters. The third kappa shape index (κ3) is 4.41. The molecule has 0 saturated carbocycles. The predicted octanol–water partition coefficient (Wildman–Crippen LogP) is 5.75. The van der Waals surface area contributed by atoms with Gasteiger partial charge in [-0.25, -0.2) is 9.97 Å². The second-order valence-electron chi connectivity index (χ2n) is 5.26. The smallest absolute Gasteiger partial charge is 0.188 e. The van der Waals surface area contributed by atoms with Gasteiger partial charge in [0.05, 0.1) is 18.5 Å². The van der Waals surface area contributed by atoms with Gasteiger partial charge in [-0.3, -0.25) is 0 Å². The van der Waals surface area contributed by atoms with Crippen molar-refractivity contribution in [1.82, 2.24) is 9.97 Å². The van der Waals surface area contributed by atoms with E-state index in [9.17, 15) is 0 Å². The Hall–Kier alpha value is -2.30. The van der Waals surface area contributed by atoms with Crippen LogP contribution < -0.4 is 4.74 Å². The minimum atomic E-state index is 0.703. The van der Waals surface area contributed by atoms with Crippen LogP contribution in [0.15, 0.2) is 72.4 Å². The molecule has 0 unspecified atom stereocenters. The number of thioether (sulfide) groups is 1. The summed E-state index contributed by atoms with van der Waals surface area (Å²) in [5, 5.41) is 1.42. The quantitative estimate of drug-likeness (QED) is 0.315. The van der Waals surface area contributed by atoms with E-state index in [0.717, 1.165) is 39.2 Å². The van der Waals surface area contributed by atoms with Gasteiger partial charge in [0.2, 0.25) is 0 Å². The molecule has 0 saturated heterocycles. The van der Waals surface area contributed by atoms with Gasteiger partial charge in [-0.1, -0.05) is 41.6 Å². The molecule has 0 radical (unpaired) electrons. The lowest BCUT2D eigenvalue weighted by atomic mass is 10.1. The number of rotatable bonds is 6. The van der Waals surface area contributed by atoms with Crippen molar-refractivity contribution in [2.75, 3.05) is 12.9 Å². The molecule has 0 aliphatic rings. The van der Waals surface area contributed by atoms with Crippen molar-refractivity contribution < 1.29 is 4.74 Å². The number of benzene rings is 2. The average molecular weight is 369 g/mol. The highest BCUT2D eigenvalue weighted by Gasteiger charge is 2.09. The molecule has 0 bridgehead atoms. The van der Waals surface area contributed by atoms with E-state index in [2.05, 4.69) is 16.5 Å². The second kappa shape index (κ2) is 8.19. The number of hydrogen-bond donors (Lipinski definition) is 0. The first-order valence-electron chi connectivity index (χ1n) is 7.73. The molecule has 0 aliphatic heterocycles. The summed E-state index contributed by atoms with van der Waals surface area (Å²) < 4.78 is 5.23. The Kier molecular flexibility index (Phi) is 5.74. The van der Waals surface area contributed by atoms with Crippen LogP contribution in [0.4, 0.5) is 0 Å². The molecule has 5 heteroatoms. The Labute approximate surface area is 156 Å². The van der Waals surface area contributed by atoms with Crippen molar-refractivity contribution in [3.8, 4) is 28.3 Å². The molecule has 1 aromatic heterocycles. The fourth-order valence-corrected chi connectivity index (χ4v) is 3.02. The van der Waals surface area contributed by atoms with Crippen LogP contribution in [0.1, 0.15) is 0 Å². The maximum Gasteiger partial charge on any atom is 0.188 e. The molecule has 3 rings (SSSR count). The number of ether oxygens (including phenoxy) is 1. The second-order valence-corrected chi connectivity index (χ2v) is 6.68. The third-order valence-corrected chi connectivity index (χ3v) is 4.66. The Bertz CT molecular complexity index is 864. The molecular formula is C20H17ClN2OS. The SMILES string of the molecule is C=CCSc1nc(-c2ccc(Cl)cc2)cc(-c2ccc(OC)cc2)n1. The molecule has 25 heavy (non-hydrogen) atoms. The van der Waals surface area contributed by atoms with Gasteiger partial charge in [-0.05, 0) is 42.5 Å². The van der Waals surface area contributed by atoms with Gasteiger partial charge in [0, 0.05) is 21.9 Å². The van der Waals surface area contributed by atoms with Crippen molar-refractivity contribution in [2.24, 2.45) is 0 Å². The fourth-order valence-electron chi connectivity index (χ4n) is 2.30. The zero-order valence-electron chi connectivity index (χ0n) is 13.8. The molecule has 0 aliphatic carbocycles. The fraction of sp³-hybridized carbons (Fsp3) is 0.100. The summed E-state index contributed by atoms with van der Waals surface area (Å²) in [7, 11) is 1.66. The van der Waals surface area contributed by atoms with Gasteiger partial charge < -0.3 is 4.74 Å². The molecule has 3 nitrogen and oxygen atoms in total. The molecule has 0 N–H and O–H groups in total. The van der Waals surface area contributed by atoms with E-state index >= 15 is 0 Å². The normalized spacial score (nSPS) is 10.5. The maximum atomic E-state index is 5.99. The zero-order valence-corrected chi connectivity index (χ0v) is 15.3. The number of hydrogen-bond acceptors (Lipinski definition) is 4.